The van der Waals surface area contributed by atoms with E-state index < -0.39 is 5.72 Å². The Labute approximate surface area is 102 Å². The lowest BCUT2D eigenvalue weighted by Gasteiger charge is -2.12. The monoisotopic (exact) mass is 276 g/mol. The van der Waals surface area contributed by atoms with E-state index in [0.717, 1.165) is 21.3 Å². The van der Waals surface area contributed by atoms with Gasteiger partial charge in [0.05, 0.1) is 15.6 Å². The minimum atomic E-state index is -0.963. The Balaban J connectivity index is 2.39. The van der Waals surface area contributed by atoms with Crippen LogP contribution in [-0.2, 0) is 5.72 Å². The van der Waals surface area contributed by atoms with Gasteiger partial charge < -0.3 is 5.11 Å². The number of fused-ring (bicyclic) bond motifs is 3. The van der Waals surface area contributed by atoms with Gasteiger partial charge in [-0.3, -0.25) is 0 Å². The highest BCUT2D eigenvalue weighted by Crippen LogP contribution is 2.35. The molecule has 0 saturated heterocycles. The van der Waals surface area contributed by atoms with Crippen molar-refractivity contribution in [1.82, 2.24) is 0 Å². The van der Waals surface area contributed by atoms with E-state index in [1.165, 1.54) is 0 Å². The molecule has 1 aromatic carbocycles. The van der Waals surface area contributed by atoms with E-state index in [1.807, 2.05) is 54.1 Å². The van der Waals surface area contributed by atoms with Gasteiger partial charge in [0, 0.05) is 13.0 Å². The normalized spacial score (nSPS) is 21.7. The number of hydrogen-bond donors (Lipinski definition) is 1. The van der Waals surface area contributed by atoms with Crippen molar-refractivity contribution in [2.75, 3.05) is 0 Å². The molecule has 0 fully saturated rings. The quantitative estimate of drug-likeness (QED) is 0.735. The first kappa shape index (κ1) is 10.00. The van der Waals surface area contributed by atoms with Gasteiger partial charge in [0.15, 0.2) is 6.20 Å². The van der Waals surface area contributed by atoms with Crippen LogP contribution in [0.15, 0.2) is 47.1 Å². The molecule has 1 N–H and O–H groups in total. The van der Waals surface area contributed by atoms with Crippen molar-refractivity contribution in [3.05, 3.63) is 52.6 Å². The van der Waals surface area contributed by atoms with Crippen LogP contribution in [0.5, 0.6) is 0 Å². The summed E-state index contributed by atoms with van der Waals surface area (Å²) in [5, 5.41) is 10.6. The predicted molar refractivity (Wildman–Crippen MR) is 64.7 cm³/mol. The Morgan fingerprint density at radius 1 is 1.19 bits per heavy atom. The molecule has 1 aliphatic heterocycles. The Hall–Kier alpha value is -1.19. The zero-order valence-electron chi connectivity index (χ0n) is 8.81. The number of halogens is 1. The Kier molecular flexibility index (Phi) is 1.97. The summed E-state index contributed by atoms with van der Waals surface area (Å²) in [6, 6.07) is 12.0. The molecule has 0 saturated carbocycles. The van der Waals surface area contributed by atoms with Crippen molar-refractivity contribution in [3.8, 4) is 11.3 Å². The van der Waals surface area contributed by atoms with Crippen molar-refractivity contribution >= 4 is 15.9 Å². The predicted octanol–water partition coefficient (Wildman–Crippen LogP) is 2.43. The maximum Gasteiger partial charge on any atom is 0.295 e. The van der Waals surface area contributed by atoms with Gasteiger partial charge >= 0.3 is 0 Å². The summed E-state index contributed by atoms with van der Waals surface area (Å²) in [6.07, 6.45) is 1.91. The summed E-state index contributed by atoms with van der Waals surface area (Å²) in [6.45, 7) is 1.81. The summed E-state index contributed by atoms with van der Waals surface area (Å²) in [4.78, 5) is 0. The molecule has 1 aliphatic rings. The summed E-state index contributed by atoms with van der Waals surface area (Å²) in [7, 11) is 0. The van der Waals surface area contributed by atoms with E-state index in [0.29, 0.717) is 0 Å². The van der Waals surface area contributed by atoms with Crippen molar-refractivity contribution in [2.45, 2.75) is 12.6 Å². The van der Waals surface area contributed by atoms with E-state index in [1.54, 1.807) is 0 Å². The van der Waals surface area contributed by atoms with Crippen LogP contribution in [0.4, 0.5) is 0 Å². The Morgan fingerprint density at radius 2 is 1.94 bits per heavy atom. The molecule has 0 amide bonds. The van der Waals surface area contributed by atoms with Crippen LogP contribution in [0.3, 0.4) is 0 Å². The fourth-order valence-electron chi connectivity index (χ4n) is 2.30. The third-order valence-electron chi connectivity index (χ3n) is 3.09. The second kappa shape index (κ2) is 3.15. The molecule has 2 heterocycles. The average molecular weight is 277 g/mol. The minimum Gasteiger partial charge on any atom is -0.331 e. The molecule has 3 heteroatoms. The van der Waals surface area contributed by atoms with Crippen molar-refractivity contribution in [2.24, 2.45) is 0 Å². The highest BCUT2D eigenvalue weighted by atomic mass is 79.9. The van der Waals surface area contributed by atoms with Crippen LogP contribution >= 0.6 is 15.9 Å². The SMILES string of the molecule is CC1(O)c2ccccc2-c2ccc(Br)c[n+]21. The lowest BCUT2D eigenvalue weighted by Crippen LogP contribution is -2.52. The summed E-state index contributed by atoms with van der Waals surface area (Å²) >= 11 is 3.43. The van der Waals surface area contributed by atoms with Crippen molar-refractivity contribution in [1.29, 1.82) is 0 Å². The van der Waals surface area contributed by atoms with E-state index in [4.69, 9.17) is 0 Å². The first-order valence-corrected chi connectivity index (χ1v) is 5.94. The van der Waals surface area contributed by atoms with E-state index in [-0.39, 0.29) is 0 Å². The van der Waals surface area contributed by atoms with Crippen molar-refractivity contribution in [3.63, 3.8) is 0 Å². The smallest absolute Gasteiger partial charge is 0.295 e. The molecular formula is C13H11BrNO+. The molecular weight excluding hydrogens is 266 g/mol. The number of benzene rings is 1. The molecule has 2 nitrogen and oxygen atoms in total. The molecule has 80 valence electrons. The van der Waals surface area contributed by atoms with Gasteiger partial charge in [0.2, 0.25) is 5.69 Å². The molecule has 0 bridgehead atoms. The fraction of sp³-hybridized carbons (Fsp3) is 0.154. The van der Waals surface area contributed by atoms with Crippen LogP contribution in [0.2, 0.25) is 0 Å². The highest BCUT2D eigenvalue weighted by Gasteiger charge is 2.45. The number of aliphatic hydroxyl groups is 1. The Bertz CT molecular complexity index is 578. The number of aromatic nitrogens is 1. The molecule has 1 aromatic heterocycles. The molecule has 16 heavy (non-hydrogen) atoms. The zero-order chi connectivity index (χ0) is 11.3. The van der Waals surface area contributed by atoms with Gasteiger partial charge in [0.1, 0.15) is 0 Å². The van der Waals surface area contributed by atoms with Gasteiger partial charge in [-0.1, -0.05) is 12.1 Å². The molecule has 0 spiro atoms. The first-order valence-electron chi connectivity index (χ1n) is 5.14. The number of pyridine rings is 1. The van der Waals surface area contributed by atoms with Gasteiger partial charge in [-0.25, -0.2) is 0 Å². The van der Waals surface area contributed by atoms with E-state index in [2.05, 4.69) is 15.9 Å². The summed E-state index contributed by atoms with van der Waals surface area (Å²) in [5.41, 5.74) is 2.13. The zero-order valence-corrected chi connectivity index (χ0v) is 10.4. The number of rotatable bonds is 0. The molecule has 0 aliphatic carbocycles. The molecule has 0 radical (unpaired) electrons. The third kappa shape index (κ3) is 1.19. The number of hydrogen-bond acceptors (Lipinski definition) is 1. The highest BCUT2D eigenvalue weighted by molar-refractivity contribution is 9.10. The largest absolute Gasteiger partial charge is 0.331 e. The lowest BCUT2D eigenvalue weighted by atomic mass is 10.0. The lowest BCUT2D eigenvalue weighted by molar-refractivity contribution is -0.777. The maximum absolute atomic E-state index is 10.6. The second-order valence-electron chi connectivity index (χ2n) is 4.17. The topological polar surface area (TPSA) is 24.1 Å². The standard InChI is InChI=1S/C13H11BrNO/c1-13(16)11-5-3-2-4-10(11)12-7-6-9(14)8-15(12)13/h2-8,16H,1H3/q+1. The first-order chi connectivity index (χ1) is 7.60. The van der Waals surface area contributed by atoms with E-state index >= 15 is 0 Å². The number of nitrogens with zero attached hydrogens (tertiary/aromatic N) is 1. The minimum absolute atomic E-state index is 0.952. The van der Waals surface area contributed by atoms with Crippen LogP contribution in [0, 0.1) is 0 Å². The van der Waals surface area contributed by atoms with E-state index in [9.17, 15) is 5.11 Å². The molecule has 2 aromatic rings. The fourth-order valence-corrected chi connectivity index (χ4v) is 2.64. The third-order valence-corrected chi connectivity index (χ3v) is 3.56. The van der Waals surface area contributed by atoms with Gasteiger partial charge in [-0.05, 0) is 34.1 Å². The van der Waals surface area contributed by atoms with Crippen LogP contribution in [0.1, 0.15) is 12.5 Å². The second-order valence-corrected chi connectivity index (χ2v) is 5.08. The summed E-state index contributed by atoms with van der Waals surface area (Å²) in [5.74, 6) is 0. The van der Waals surface area contributed by atoms with Gasteiger partial charge in [0.25, 0.3) is 5.72 Å². The van der Waals surface area contributed by atoms with Crippen LogP contribution in [0.25, 0.3) is 11.3 Å². The van der Waals surface area contributed by atoms with Gasteiger partial charge in [-0.2, -0.15) is 4.57 Å². The van der Waals surface area contributed by atoms with Gasteiger partial charge in [-0.15, -0.1) is 0 Å². The van der Waals surface area contributed by atoms with Crippen LogP contribution in [-0.4, -0.2) is 5.11 Å². The van der Waals surface area contributed by atoms with Crippen molar-refractivity contribution < 1.29 is 9.67 Å². The molecule has 1 unspecified atom stereocenters. The van der Waals surface area contributed by atoms with Crippen LogP contribution < -0.4 is 4.57 Å². The Morgan fingerprint density at radius 3 is 2.75 bits per heavy atom. The maximum atomic E-state index is 10.6. The summed E-state index contributed by atoms with van der Waals surface area (Å²) < 4.78 is 2.85. The molecule has 3 rings (SSSR count). The average Bonchev–Trinajstić information content (AvgIpc) is 2.49. The molecule has 1 atom stereocenters.